The summed E-state index contributed by atoms with van der Waals surface area (Å²) in [7, 11) is 0. The Morgan fingerprint density at radius 2 is 2.29 bits per heavy atom. The SMILES string of the molecule is O=C(CN1C(=O)CNC1=O)NCc1cc[nH]c1. The summed E-state index contributed by atoms with van der Waals surface area (Å²) in [5.41, 5.74) is 0.926. The van der Waals surface area contributed by atoms with Gasteiger partial charge in [0.2, 0.25) is 5.91 Å². The van der Waals surface area contributed by atoms with E-state index in [-0.39, 0.29) is 24.9 Å². The van der Waals surface area contributed by atoms with E-state index in [1.165, 1.54) is 0 Å². The number of hydrogen-bond acceptors (Lipinski definition) is 3. The van der Waals surface area contributed by atoms with E-state index in [0.29, 0.717) is 6.54 Å². The zero-order valence-electron chi connectivity index (χ0n) is 9.03. The maximum atomic E-state index is 11.5. The number of carbonyl (C=O) groups is 3. The van der Waals surface area contributed by atoms with Crippen LogP contribution in [-0.4, -0.2) is 40.8 Å². The van der Waals surface area contributed by atoms with Gasteiger partial charge in [0.15, 0.2) is 0 Å². The molecule has 1 aromatic heterocycles. The number of H-pyrrole nitrogens is 1. The number of aromatic nitrogens is 1. The maximum Gasteiger partial charge on any atom is 0.325 e. The van der Waals surface area contributed by atoms with Crippen LogP contribution in [0.4, 0.5) is 4.79 Å². The predicted octanol–water partition coefficient (Wildman–Crippen LogP) is -0.817. The van der Waals surface area contributed by atoms with Crippen molar-refractivity contribution in [3.63, 3.8) is 0 Å². The molecule has 4 amide bonds. The summed E-state index contributed by atoms with van der Waals surface area (Å²) < 4.78 is 0. The fourth-order valence-electron chi connectivity index (χ4n) is 1.48. The fraction of sp³-hybridized carbons (Fsp3) is 0.300. The molecule has 2 heterocycles. The van der Waals surface area contributed by atoms with Crippen molar-refractivity contribution in [2.75, 3.05) is 13.1 Å². The number of imide groups is 1. The highest BCUT2D eigenvalue weighted by Crippen LogP contribution is 1.99. The molecule has 0 radical (unpaired) electrons. The third kappa shape index (κ3) is 2.63. The Morgan fingerprint density at radius 1 is 1.47 bits per heavy atom. The van der Waals surface area contributed by atoms with Gasteiger partial charge in [0.25, 0.3) is 5.91 Å². The van der Waals surface area contributed by atoms with Crippen molar-refractivity contribution in [3.8, 4) is 0 Å². The number of nitrogens with one attached hydrogen (secondary N) is 3. The van der Waals surface area contributed by atoms with Crippen molar-refractivity contribution in [1.82, 2.24) is 20.5 Å². The molecule has 0 spiro atoms. The lowest BCUT2D eigenvalue weighted by molar-refractivity contribution is -0.130. The second kappa shape index (κ2) is 4.69. The summed E-state index contributed by atoms with van der Waals surface area (Å²) in [6.07, 6.45) is 3.51. The Bertz CT molecular complexity index is 424. The lowest BCUT2D eigenvalue weighted by atomic mass is 10.3. The average Bonchev–Trinajstić information content (AvgIpc) is 2.91. The highest BCUT2D eigenvalue weighted by Gasteiger charge is 2.29. The average molecular weight is 236 g/mol. The van der Waals surface area contributed by atoms with Gasteiger partial charge in [-0.25, -0.2) is 4.79 Å². The summed E-state index contributed by atoms with van der Waals surface area (Å²) in [4.78, 5) is 37.6. The van der Waals surface area contributed by atoms with Crippen LogP contribution in [0.5, 0.6) is 0 Å². The largest absolute Gasteiger partial charge is 0.367 e. The van der Waals surface area contributed by atoms with E-state index in [9.17, 15) is 14.4 Å². The monoisotopic (exact) mass is 236 g/mol. The van der Waals surface area contributed by atoms with Crippen LogP contribution in [0, 0.1) is 0 Å². The fourth-order valence-corrected chi connectivity index (χ4v) is 1.48. The molecule has 0 unspecified atom stereocenters. The summed E-state index contributed by atoms with van der Waals surface area (Å²) in [5.74, 6) is -0.747. The molecule has 0 bridgehead atoms. The lowest BCUT2D eigenvalue weighted by Crippen LogP contribution is -2.40. The Kier molecular flexibility index (Phi) is 3.08. The molecule has 7 nitrogen and oxygen atoms in total. The number of carbonyl (C=O) groups excluding carboxylic acids is 3. The predicted molar refractivity (Wildman–Crippen MR) is 57.8 cm³/mol. The molecule has 1 aliphatic heterocycles. The normalized spacial score (nSPS) is 14.9. The Hall–Kier alpha value is -2.31. The van der Waals surface area contributed by atoms with Crippen LogP contribution < -0.4 is 10.6 Å². The highest BCUT2D eigenvalue weighted by molar-refractivity contribution is 6.04. The van der Waals surface area contributed by atoms with E-state index in [4.69, 9.17) is 0 Å². The van der Waals surface area contributed by atoms with Gasteiger partial charge in [0.05, 0.1) is 6.54 Å². The third-order valence-corrected chi connectivity index (χ3v) is 2.39. The quantitative estimate of drug-likeness (QED) is 0.596. The van der Waals surface area contributed by atoms with E-state index in [0.717, 1.165) is 10.5 Å². The van der Waals surface area contributed by atoms with Gasteiger partial charge >= 0.3 is 6.03 Å². The molecule has 7 heteroatoms. The Morgan fingerprint density at radius 3 is 2.88 bits per heavy atom. The highest BCUT2D eigenvalue weighted by atomic mass is 16.2. The molecule has 0 aromatic carbocycles. The molecule has 0 aliphatic carbocycles. The molecule has 1 saturated heterocycles. The number of amides is 4. The first-order chi connectivity index (χ1) is 8.16. The number of hydrogen-bond donors (Lipinski definition) is 3. The first kappa shape index (κ1) is 11.2. The lowest BCUT2D eigenvalue weighted by Gasteiger charge is -2.11. The third-order valence-electron chi connectivity index (χ3n) is 2.39. The van der Waals surface area contributed by atoms with Crippen LogP contribution in [0.15, 0.2) is 18.5 Å². The molecule has 1 aliphatic rings. The number of urea groups is 1. The molecule has 0 atom stereocenters. The summed E-state index contributed by atoms with van der Waals surface area (Å²) in [5, 5.41) is 4.97. The Labute approximate surface area is 97.2 Å². The van der Waals surface area contributed by atoms with Crippen LogP contribution in [0.2, 0.25) is 0 Å². The zero-order chi connectivity index (χ0) is 12.3. The minimum Gasteiger partial charge on any atom is -0.367 e. The van der Waals surface area contributed by atoms with E-state index >= 15 is 0 Å². The second-order valence-electron chi connectivity index (χ2n) is 3.63. The molecule has 1 fully saturated rings. The summed E-state index contributed by atoms with van der Waals surface area (Å²) in [6, 6.07) is 1.31. The van der Waals surface area contributed by atoms with Crippen molar-refractivity contribution in [3.05, 3.63) is 24.0 Å². The van der Waals surface area contributed by atoms with E-state index in [1.54, 1.807) is 12.4 Å². The van der Waals surface area contributed by atoms with Crippen molar-refractivity contribution in [1.29, 1.82) is 0 Å². The molecular formula is C10H12N4O3. The maximum absolute atomic E-state index is 11.5. The number of nitrogens with zero attached hydrogens (tertiary/aromatic N) is 1. The molecule has 1 aromatic rings. The minimum atomic E-state index is -0.521. The summed E-state index contributed by atoms with van der Waals surface area (Å²) >= 11 is 0. The molecule has 2 rings (SSSR count). The smallest absolute Gasteiger partial charge is 0.325 e. The first-order valence-corrected chi connectivity index (χ1v) is 5.13. The van der Waals surface area contributed by atoms with Crippen molar-refractivity contribution >= 4 is 17.8 Å². The van der Waals surface area contributed by atoms with Crippen LogP contribution in [-0.2, 0) is 16.1 Å². The van der Waals surface area contributed by atoms with Gasteiger partial charge in [-0.15, -0.1) is 0 Å². The van der Waals surface area contributed by atoms with Crippen LogP contribution in [0.3, 0.4) is 0 Å². The van der Waals surface area contributed by atoms with Gasteiger partial charge in [-0.05, 0) is 11.6 Å². The van der Waals surface area contributed by atoms with Gasteiger partial charge in [0.1, 0.15) is 6.54 Å². The molecule has 90 valence electrons. The van der Waals surface area contributed by atoms with Crippen LogP contribution >= 0.6 is 0 Å². The van der Waals surface area contributed by atoms with Crippen molar-refractivity contribution in [2.24, 2.45) is 0 Å². The topological polar surface area (TPSA) is 94.3 Å². The van der Waals surface area contributed by atoms with Gasteiger partial charge in [-0.1, -0.05) is 0 Å². The van der Waals surface area contributed by atoms with Gasteiger partial charge < -0.3 is 15.6 Å². The molecule has 0 saturated carbocycles. The molecule has 17 heavy (non-hydrogen) atoms. The Balaban J connectivity index is 1.81. The van der Waals surface area contributed by atoms with Crippen LogP contribution in [0.1, 0.15) is 5.56 Å². The van der Waals surface area contributed by atoms with E-state index < -0.39 is 6.03 Å². The minimum absolute atomic E-state index is 0.0378. The second-order valence-corrected chi connectivity index (χ2v) is 3.63. The number of aromatic amines is 1. The van der Waals surface area contributed by atoms with Crippen LogP contribution in [0.25, 0.3) is 0 Å². The van der Waals surface area contributed by atoms with Crippen molar-refractivity contribution < 1.29 is 14.4 Å². The number of rotatable bonds is 4. The molecule has 3 N–H and O–H groups in total. The van der Waals surface area contributed by atoms with Crippen molar-refractivity contribution in [2.45, 2.75) is 6.54 Å². The van der Waals surface area contributed by atoms with Gasteiger partial charge in [0, 0.05) is 18.9 Å². The molecular weight excluding hydrogens is 224 g/mol. The standard InChI is InChI=1S/C10H12N4O3/c15-8(12-4-7-1-2-11-3-7)6-14-9(16)5-13-10(14)17/h1-3,11H,4-6H2,(H,12,15)(H,13,17). The van der Waals surface area contributed by atoms with Gasteiger partial charge in [-0.2, -0.15) is 0 Å². The van der Waals surface area contributed by atoms with Gasteiger partial charge in [-0.3, -0.25) is 14.5 Å². The van der Waals surface area contributed by atoms with E-state index in [1.807, 2.05) is 6.07 Å². The zero-order valence-corrected chi connectivity index (χ0v) is 9.03. The first-order valence-electron chi connectivity index (χ1n) is 5.13. The summed E-state index contributed by atoms with van der Waals surface area (Å²) in [6.45, 7) is 0.0883. The van der Waals surface area contributed by atoms with E-state index in [2.05, 4.69) is 15.6 Å².